The Balaban J connectivity index is 1.89. The zero-order chi connectivity index (χ0) is 14.7. The highest BCUT2D eigenvalue weighted by Gasteiger charge is 2.19. The van der Waals surface area contributed by atoms with Crippen LogP contribution >= 0.6 is 0 Å². The molecular weight excluding hydrogens is 258 g/mol. The number of rotatable bonds is 4. The van der Waals surface area contributed by atoms with Crippen LogP contribution in [0.25, 0.3) is 5.57 Å². The molecule has 0 saturated carbocycles. The number of hydrogen-bond acceptors (Lipinski definition) is 2. The van der Waals surface area contributed by atoms with Crippen molar-refractivity contribution in [1.29, 1.82) is 0 Å². The van der Waals surface area contributed by atoms with Gasteiger partial charge < -0.3 is 10.1 Å². The molecule has 2 nitrogen and oxygen atoms in total. The van der Waals surface area contributed by atoms with Crippen LogP contribution in [0.5, 0.6) is 0 Å². The Morgan fingerprint density at radius 2 is 1.76 bits per heavy atom. The molecule has 0 bridgehead atoms. The summed E-state index contributed by atoms with van der Waals surface area (Å²) < 4.78 is 0. The molecule has 2 aromatic rings. The van der Waals surface area contributed by atoms with Gasteiger partial charge in [-0.25, -0.2) is 0 Å². The van der Waals surface area contributed by atoms with Crippen molar-refractivity contribution >= 4 is 11.9 Å². The quantitative estimate of drug-likeness (QED) is 0.864. The fourth-order valence-electron chi connectivity index (χ4n) is 2.79. The fraction of sp³-hybridized carbons (Fsp3) is 0.211. The van der Waals surface area contributed by atoms with E-state index in [1.54, 1.807) is 0 Å². The van der Waals surface area contributed by atoms with Crippen LogP contribution < -0.4 is 5.32 Å². The van der Waals surface area contributed by atoms with Crippen molar-refractivity contribution in [2.75, 3.05) is 0 Å². The molecule has 21 heavy (non-hydrogen) atoms. The Morgan fingerprint density at radius 3 is 2.48 bits per heavy atom. The van der Waals surface area contributed by atoms with E-state index in [-0.39, 0.29) is 6.04 Å². The van der Waals surface area contributed by atoms with Crippen LogP contribution in [0.15, 0.2) is 54.7 Å². The lowest BCUT2D eigenvalue weighted by atomic mass is 9.89. The molecule has 2 heteroatoms. The molecule has 0 radical (unpaired) electrons. The van der Waals surface area contributed by atoms with Crippen molar-refractivity contribution in [2.45, 2.75) is 25.8 Å². The minimum absolute atomic E-state index is 0.229. The lowest BCUT2D eigenvalue weighted by Gasteiger charge is -2.23. The van der Waals surface area contributed by atoms with E-state index < -0.39 is 0 Å². The zero-order valence-corrected chi connectivity index (χ0v) is 12.2. The van der Waals surface area contributed by atoms with E-state index in [0.717, 1.165) is 24.7 Å². The lowest BCUT2D eigenvalue weighted by molar-refractivity contribution is -0.109. The van der Waals surface area contributed by atoms with Crippen LogP contribution in [0.3, 0.4) is 0 Å². The summed E-state index contributed by atoms with van der Waals surface area (Å²) in [6, 6.07) is 16.7. The maximum absolute atomic E-state index is 11.2. The Bertz CT molecular complexity index is 670. The van der Waals surface area contributed by atoms with E-state index in [2.05, 4.69) is 42.6 Å². The Morgan fingerprint density at radius 1 is 1.05 bits per heavy atom. The first kappa shape index (κ1) is 13.6. The van der Waals surface area contributed by atoms with Gasteiger partial charge in [-0.1, -0.05) is 55.5 Å². The number of hydrogen-bond donors (Lipinski definition) is 1. The van der Waals surface area contributed by atoms with Gasteiger partial charge in [-0.2, -0.15) is 0 Å². The largest absolute Gasteiger partial charge is 0.378 e. The number of carbonyl (C=O) groups excluding carboxylic acids is 1. The van der Waals surface area contributed by atoms with Crippen molar-refractivity contribution < 1.29 is 4.79 Å². The van der Waals surface area contributed by atoms with Gasteiger partial charge in [0.1, 0.15) is 12.3 Å². The molecule has 1 unspecified atom stereocenters. The van der Waals surface area contributed by atoms with E-state index in [0.29, 0.717) is 0 Å². The highest BCUT2D eigenvalue weighted by atomic mass is 16.1. The molecule has 2 aromatic carbocycles. The summed E-state index contributed by atoms with van der Waals surface area (Å²) in [5, 5.41) is 3.19. The summed E-state index contributed by atoms with van der Waals surface area (Å²) in [7, 11) is 0. The number of nitrogens with one attached hydrogen (secondary N) is 1. The van der Waals surface area contributed by atoms with Crippen LogP contribution in [0.1, 0.15) is 35.2 Å². The fourth-order valence-corrected chi connectivity index (χ4v) is 2.79. The second-order valence-electron chi connectivity index (χ2n) is 5.38. The van der Waals surface area contributed by atoms with Gasteiger partial charge in [0.2, 0.25) is 0 Å². The van der Waals surface area contributed by atoms with E-state index in [9.17, 15) is 4.79 Å². The molecule has 1 aliphatic rings. The van der Waals surface area contributed by atoms with Crippen LogP contribution in [0.2, 0.25) is 0 Å². The Labute approximate surface area is 125 Å². The second kappa shape index (κ2) is 5.96. The third-order valence-electron chi connectivity index (χ3n) is 4.04. The van der Waals surface area contributed by atoms with Crippen molar-refractivity contribution in [3.63, 3.8) is 0 Å². The van der Waals surface area contributed by atoms with Gasteiger partial charge in [0, 0.05) is 6.20 Å². The summed E-state index contributed by atoms with van der Waals surface area (Å²) in [6.07, 6.45) is 4.88. The molecule has 0 aromatic heterocycles. The molecule has 1 atom stereocenters. The summed E-state index contributed by atoms with van der Waals surface area (Å²) >= 11 is 0. The van der Waals surface area contributed by atoms with E-state index in [1.807, 2.05) is 24.4 Å². The highest BCUT2D eigenvalue weighted by Crippen LogP contribution is 2.30. The van der Waals surface area contributed by atoms with Gasteiger partial charge in [-0.15, -0.1) is 0 Å². The molecule has 0 spiro atoms. The van der Waals surface area contributed by atoms with E-state index in [1.165, 1.54) is 22.3 Å². The standard InChI is InChI=1S/C19H19NO/c1-2-14-7-9-15(10-8-14)11-16-12-20-19(13-21)18-6-4-3-5-17(16)18/h3-10,12-13,19-20H,2,11H2,1H3. The maximum atomic E-state index is 11.2. The summed E-state index contributed by atoms with van der Waals surface area (Å²) in [5.41, 5.74) is 6.12. The topological polar surface area (TPSA) is 29.1 Å². The molecule has 0 fully saturated rings. The lowest BCUT2D eigenvalue weighted by Crippen LogP contribution is -2.23. The molecule has 0 saturated heterocycles. The number of aryl methyl sites for hydroxylation is 1. The van der Waals surface area contributed by atoms with Crippen LogP contribution in [-0.2, 0) is 17.6 Å². The average Bonchev–Trinajstić information content (AvgIpc) is 2.56. The molecule has 1 N–H and O–H groups in total. The first-order chi connectivity index (χ1) is 10.3. The van der Waals surface area contributed by atoms with Gasteiger partial charge in [0.15, 0.2) is 0 Å². The SMILES string of the molecule is CCc1ccc(CC2=CNC(C=O)c3ccccc32)cc1. The Hall–Kier alpha value is -2.35. The van der Waals surface area contributed by atoms with E-state index >= 15 is 0 Å². The molecule has 106 valence electrons. The van der Waals surface area contributed by atoms with Gasteiger partial charge in [-0.3, -0.25) is 0 Å². The third kappa shape index (κ3) is 2.75. The first-order valence-corrected chi connectivity index (χ1v) is 7.39. The molecule has 1 heterocycles. The molecule has 1 aliphatic heterocycles. The molecule has 3 rings (SSSR count). The normalized spacial score (nSPS) is 16.6. The van der Waals surface area contributed by atoms with Crippen LogP contribution in [0, 0.1) is 0 Å². The van der Waals surface area contributed by atoms with Gasteiger partial charge in [0.05, 0.1) is 0 Å². The summed E-state index contributed by atoms with van der Waals surface area (Å²) in [5.74, 6) is 0. The second-order valence-corrected chi connectivity index (χ2v) is 5.38. The van der Waals surface area contributed by atoms with E-state index in [4.69, 9.17) is 0 Å². The number of aldehydes is 1. The van der Waals surface area contributed by atoms with Crippen molar-refractivity contribution in [3.8, 4) is 0 Å². The molecule has 0 aliphatic carbocycles. The summed E-state index contributed by atoms with van der Waals surface area (Å²) in [4.78, 5) is 11.2. The predicted octanol–water partition coefficient (Wildman–Crippen LogP) is 3.68. The predicted molar refractivity (Wildman–Crippen MR) is 85.9 cm³/mol. The number of allylic oxidation sites excluding steroid dienone is 1. The minimum atomic E-state index is -0.229. The van der Waals surface area contributed by atoms with Crippen molar-refractivity contribution in [2.24, 2.45) is 0 Å². The summed E-state index contributed by atoms with van der Waals surface area (Å²) in [6.45, 7) is 2.17. The monoisotopic (exact) mass is 277 g/mol. The van der Waals surface area contributed by atoms with Crippen molar-refractivity contribution in [3.05, 3.63) is 77.0 Å². The first-order valence-electron chi connectivity index (χ1n) is 7.39. The van der Waals surface area contributed by atoms with Gasteiger partial charge >= 0.3 is 0 Å². The van der Waals surface area contributed by atoms with Crippen molar-refractivity contribution in [1.82, 2.24) is 5.32 Å². The Kier molecular flexibility index (Phi) is 3.87. The average molecular weight is 277 g/mol. The number of fused-ring (bicyclic) bond motifs is 1. The number of benzene rings is 2. The highest BCUT2D eigenvalue weighted by molar-refractivity contribution is 5.77. The smallest absolute Gasteiger partial charge is 0.146 e. The van der Waals surface area contributed by atoms with Gasteiger partial charge in [0.25, 0.3) is 0 Å². The maximum Gasteiger partial charge on any atom is 0.146 e. The van der Waals surface area contributed by atoms with Crippen LogP contribution in [0.4, 0.5) is 0 Å². The third-order valence-corrected chi connectivity index (χ3v) is 4.04. The molecule has 0 amide bonds. The van der Waals surface area contributed by atoms with Crippen LogP contribution in [-0.4, -0.2) is 6.29 Å². The zero-order valence-electron chi connectivity index (χ0n) is 12.2. The minimum Gasteiger partial charge on any atom is -0.378 e. The molecular formula is C19H19NO. The number of carbonyl (C=O) groups is 1. The van der Waals surface area contributed by atoms with Gasteiger partial charge in [-0.05, 0) is 40.7 Å².